The second-order valence-electron chi connectivity index (χ2n) is 4.44. The highest BCUT2D eigenvalue weighted by Gasteiger charge is 2.18. The van der Waals surface area contributed by atoms with E-state index in [1.165, 1.54) is 6.07 Å². The highest BCUT2D eigenvalue weighted by molar-refractivity contribution is 6.30. The Kier molecular flexibility index (Phi) is 4.20. The van der Waals surface area contributed by atoms with E-state index in [9.17, 15) is 10.1 Å². The lowest BCUT2D eigenvalue weighted by Crippen LogP contribution is -2.02. The van der Waals surface area contributed by atoms with Crippen LogP contribution in [0, 0.1) is 24.0 Å². The molecular formula is C14H13ClN2O3. The van der Waals surface area contributed by atoms with E-state index in [2.05, 4.69) is 4.98 Å². The van der Waals surface area contributed by atoms with Crippen LogP contribution >= 0.6 is 11.6 Å². The van der Waals surface area contributed by atoms with Gasteiger partial charge in [-0.15, -0.1) is 0 Å². The average Bonchev–Trinajstić information content (AvgIpc) is 2.36. The minimum atomic E-state index is -0.444. The Balaban J connectivity index is 2.27. The largest absolute Gasteiger partial charge is 0.480 e. The molecular weight excluding hydrogens is 280 g/mol. The van der Waals surface area contributed by atoms with Crippen molar-refractivity contribution in [3.05, 3.63) is 62.4 Å². The van der Waals surface area contributed by atoms with Gasteiger partial charge in [-0.25, -0.2) is 0 Å². The Hall–Kier alpha value is -2.14. The van der Waals surface area contributed by atoms with Gasteiger partial charge >= 0.3 is 5.69 Å². The molecule has 0 N–H and O–H groups in total. The summed E-state index contributed by atoms with van der Waals surface area (Å²) in [6.07, 6.45) is 1.57. The Morgan fingerprint density at radius 3 is 2.75 bits per heavy atom. The molecule has 6 heteroatoms. The number of nitro benzene ring substituents is 1. The molecule has 1 heterocycles. The Morgan fingerprint density at radius 2 is 2.10 bits per heavy atom. The van der Waals surface area contributed by atoms with Crippen LogP contribution in [-0.2, 0) is 6.61 Å². The first kappa shape index (κ1) is 14.3. The van der Waals surface area contributed by atoms with Crippen molar-refractivity contribution in [2.24, 2.45) is 0 Å². The topological polar surface area (TPSA) is 65.3 Å². The van der Waals surface area contributed by atoms with Crippen molar-refractivity contribution in [3.8, 4) is 5.75 Å². The third-order valence-electron chi connectivity index (χ3n) is 2.74. The van der Waals surface area contributed by atoms with Crippen LogP contribution in [0.1, 0.15) is 16.8 Å². The zero-order valence-electron chi connectivity index (χ0n) is 11.1. The van der Waals surface area contributed by atoms with Crippen LogP contribution in [0.25, 0.3) is 0 Å². The van der Waals surface area contributed by atoms with Gasteiger partial charge in [0, 0.05) is 17.3 Å². The molecule has 0 fully saturated rings. The molecule has 0 saturated carbocycles. The minimum Gasteiger partial charge on any atom is -0.480 e. The lowest BCUT2D eigenvalue weighted by Gasteiger charge is -2.10. The van der Waals surface area contributed by atoms with Gasteiger partial charge in [-0.1, -0.05) is 17.7 Å². The van der Waals surface area contributed by atoms with Gasteiger partial charge in [-0.05, 0) is 37.1 Å². The molecule has 2 rings (SSSR count). The first-order chi connectivity index (χ1) is 9.47. The minimum absolute atomic E-state index is 0.0375. The molecule has 104 valence electrons. The maximum Gasteiger partial charge on any atom is 0.311 e. The number of aromatic nitrogens is 1. The first-order valence-corrected chi connectivity index (χ1v) is 6.34. The van der Waals surface area contributed by atoms with Crippen molar-refractivity contribution < 1.29 is 9.66 Å². The highest BCUT2D eigenvalue weighted by Crippen LogP contribution is 2.32. The summed E-state index contributed by atoms with van der Waals surface area (Å²) in [7, 11) is 0. The van der Waals surface area contributed by atoms with Crippen LogP contribution in [-0.4, -0.2) is 9.91 Å². The van der Waals surface area contributed by atoms with E-state index in [4.69, 9.17) is 16.3 Å². The van der Waals surface area contributed by atoms with Gasteiger partial charge in [0.25, 0.3) is 0 Å². The quantitative estimate of drug-likeness (QED) is 0.634. The second kappa shape index (κ2) is 5.88. The number of pyridine rings is 1. The molecule has 0 aliphatic heterocycles. The normalized spacial score (nSPS) is 10.3. The summed E-state index contributed by atoms with van der Waals surface area (Å²) < 4.78 is 5.56. The summed E-state index contributed by atoms with van der Waals surface area (Å²) in [6, 6.07) is 6.66. The van der Waals surface area contributed by atoms with Crippen molar-refractivity contribution in [3.63, 3.8) is 0 Å². The molecule has 0 saturated heterocycles. The van der Waals surface area contributed by atoms with E-state index in [1.807, 2.05) is 13.0 Å². The van der Waals surface area contributed by atoms with E-state index in [0.29, 0.717) is 10.7 Å². The van der Waals surface area contributed by atoms with Crippen LogP contribution in [0.15, 0.2) is 30.5 Å². The molecule has 0 atom stereocenters. The first-order valence-electron chi connectivity index (χ1n) is 5.96. The maximum atomic E-state index is 11.1. The van der Waals surface area contributed by atoms with Gasteiger partial charge in [0.15, 0.2) is 5.75 Å². The molecule has 5 nitrogen and oxygen atoms in total. The number of halogens is 1. The van der Waals surface area contributed by atoms with Gasteiger partial charge in [0.2, 0.25) is 0 Å². The Bertz CT molecular complexity index is 659. The number of benzene rings is 1. The number of hydrogen-bond acceptors (Lipinski definition) is 4. The summed E-state index contributed by atoms with van der Waals surface area (Å²) >= 11 is 5.86. The van der Waals surface area contributed by atoms with Crippen LogP contribution < -0.4 is 4.74 Å². The molecule has 0 spiro atoms. The number of hydrogen-bond donors (Lipinski definition) is 0. The van der Waals surface area contributed by atoms with Crippen LogP contribution in [0.2, 0.25) is 5.02 Å². The monoisotopic (exact) mass is 292 g/mol. The zero-order chi connectivity index (χ0) is 14.7. The van der Waals surface area contributed by atoms with E-state index < -0.39 is 4.92 Å². The van der Waals surface area contributed by atoms with Crippen molar-refractivity contribution in [2.75, 3.05) is 0 Å². The number of ether oxygens (including phenoxy) is 1. The molecule has 0 aliphatic rings. The lowest BCUT2D eigenvalue weighted by molar-refractivity contribution is -0.386. The molecule has 1 aromatic heterocycles. The Morgan fingerprint density at radius 1 is 1.35 bits per heavy atom. The predicted octanol–water partition coefficient (Wildman–Crippen LogP) is 3.84. The summed E-state index contributed by atoms with van der Waals surface area (Å²) in [5.41, 5.74) is 2.12. The number of aryl methyl sites for hydroxylation is 2. The SMILES string of the molecule is Cc1cc(C)c(OCc2cc(Cl)ccn2)c([N+](=O)[O-])c1. The number of nitro groups is 1. The summed E-state index contributed by atoms with van der Waals surface area (Å²) in [4.78, 5) is 14.7. The van der Waals surface area contributed by atoms with Crippen molar-refractivity contribution in [1.82, 2.24) is 4.98 Å². The van der Waals surface area contributed by atoms with E-state index in [1.54, 1.807) is 25.3 Å². The number of rotatable bonds is 4. The van der Waals surface area contributed by atoms with Gasteiger partial charge in [-0.2, -0.15) is 0 Å². The van der Waals surface area contributed by atoms with Crippen molar-refractivity contribution in [1.29, 1.82) is 0 Å². The summed E-state index contributed by atoms with van der Waals surface area (Å²) in [5.74, 6) is 0.266. The van der Waals surface area contributed by atoms with Crippen LogP contribution in [0.4, 0.5) is 5.69 Å². The standard InChI is InChI=1S/C14H13ClN2O3/c1-9-5-10(2)14(13(6-9)17(18)19)20-8-12-7-11(15)3-4-16-12/h3-7H,8H2,1-2H3. The second-order valence-corrected chi connectivity index (χ2v) is 4.88. The third kappa shape index (κ3) is 3.24. The van der Waals surface area contributed by atoms with Gasteiger partial charge in [0.05, 0.1) is 10.6 Å². The maximum absolute atomic E-state index is 11.1. The predicted molar refractivity (Wildman–Crippen MR) is 76.1 cm³/mol. The molecule has 1 aromatic carbocycles. The number of nitrogens with zero attached hydrogens (tertiary/aromatic N) is 2. The van der Waals surface area contributed by atoms with E-state index >= 15 is 0 Å². The molecule has 0 aliphatic carbocycles. The fraction of sp³-hybridized carbons (Fsp3) is 0.214. The van der Waals surface area contributed by atoms with Gasteiger partial charge in [-0.3, -0.25) is 15.1 Å². The van der Waals surface area contributed by atoms with Gasteiger partial charge < -0.3 is 4.74 Å². The molecule has 0 radical (unpaired) electrons. The molecule has 0 unspecified atom stereocenters. The molecule has 0 amide bonds. The smallest absolute Gasteiger partial charge is 0.311 e. The fourth-order valence-electron chi connectivity index (χ4n) is 1.93. The Labute approximate surface area is 121 Å². The van der Waals surface area contributed by atoms with Crippen molar-refractivity contribution >= 4 is 17.3 Å². The molecule has 2 aromatic rings. The van der Waals surface area contributed by atoms with Crippen LogP contribution in [0.5, 0.6) is 5.75 Å². The lowest BCUT2D eigenvalue weighted by atomic mass is 10.1. The third-order valence-corrected chi connectivity index (χ3v) is 2.97. The van der Waals surface area contributed by atoms with E-state index in [0.717, 1.165) is 11.1 Å². The van der Waals surface area contributed by atoms with E-state index in [-0.39, 0.29) is 18.0 Å². The fourth-order valence-corrected chi connectivity index (χ4v) is 2.11. The average molecular weight is 293 g/mol. The van der Waals surface area contributed by atoms with Gasteiger partial charge in [0.1, 0.15) is 6.61 Å². The highest BCUT2D eigenvalue weighted by atomic mass is 35.5. The molecule has 0 bridgehead atoms. The summed E-state index contributed by atoms with van der Waals surface area (Å²) in [5, 5.41) is 11.6. The summed E-state index contributed by atoms with van der Waals surface area (Å²) in [6.45, 7) is 3.72. The van der Waals surface area contributed by atoms with Crippen molar-refractivity contribution in [2.45, 2.75) is 20.5 Å². The zero-order valence-corrected chi connectivity index (χ0v) is 11.8. The van der Waals surface area contributed by atoms with Crippen LogP contribution in [0.3, 0.4) is 0 Å². The molecule has 20 heavy (non-hydrogen) atoms.